The maximum Gasteiger partial charge on any atom is 0.165 e. The van der Waals surface area contributed by atoms with Crippen LogP contribution in [0.15, 0.2) is 48.5 Å². The minimum atomic E-state index is 0.741. The van der Waals surface area contributed by atoms with Gasteiger partial charge in [-0.2, -0.15) is 0 Å². The van der Waals surface area contributed by atoms with Crippen LogP contribution in [-0.2, 0) is 13.1 Å². The molecule has 2 aliphatic heterocycles. The van der Waals surface area contributed by atoms with Crippen molar-refractivity contribution in [1.29, 1.82) is 0 Å². The Bertz CT molecular complexity index is 782. The average Bonchev–Trinajstić information content (AvgIpc) is 2.80. The van der Waals surface area contributed by atoms with Crippen LogP contribution in [0.25, 0.3) is 0 Å². The van der Waals surface area contributed by atoms with E-state index in [1.807, 2.05) is 6.07 Å². The molecule has 162 valence electrons. The summed E-state index contributed by atoms with van der Waals surface area (Å²) in [6.07, 6.45) is 2.58. The first-order chi connectivity index (χ1) is 14.8. The normalized spacial score (nSPS) is 19.7. The molecule has 0 bridgehead atoms. The Hall–Kier alpha value is -2.08. The molecule has 2 aromatic rings. The van der Waals surface area contributed by atoms with Gasteiger partial charge in [0.2, 0.25) is 0 Å². The standard InChI is InChI=1S/C25H35N3O2/c1-29-24-10-6-9-22(25(24)30-2)20-27-15-17-28(18-16-27)23-11-13-26(14-12-23)19-21-7-4-3-5-8-21/h3-10,23H,11-20H2,1-2H3. The second kappa shape index (κ2) is 10.3. The first kappa shape index (κ1) is 21.2. The Balaban J connectivity index is 1.24. The monoisotopic (exact) mass is 409 g/mol. The molecular weight excluding hydrogens is 374 g/mol. The van der Waals surface area contributed by atoms with E-state index in [-0.39, 0.29) is 0 Å². The third-order valence-electron chi connectivity index (χ3n) is 6.61. The van der Waals surface area contributed by atoms with Crippen LogP contribution in [0.2, 0.25) is 0 Å². The van der Waals surface area contributed by atoms with E-state index < -0.39 is 0 Å². The molecule has 2 saturated heterocycles. The van der Waals surface area contributed by atoms with Gasteiger partial charge in [0, 0.05) is 50.9 Å². The summed E-state index contributed by atoms with van der Waals surface area (Å²) < 4.78 is 11.1. The molecule has 2 aromatic carbocycles. The van der Waals surface area contributed by atoms with Gasteiger partial charge in [-0.05, 0) is 37.6 Å². The van der Waals surface area contributed by atoms with E-state index in [1.165, 1.54) is 37.1 Å². The van der Waals surface area contributed by atoms with E-state index in [0.29, 0.717) is 0 Å². The van der Waals surface area contributed by atoms with Crippen molar-refractivity contribution in [2.75, 3.05) is 53.5 Å². The molecule has 2 aliphatic rings. The molecule has 0 aromatic heterocycles. The van der Waals surface area contributed by atoms with Gasteiger partial charge >= 0.3 is 0 Å². The SMILES string of the molecule is COc1cccc(CN2CCN(C3CCN(Cc4ccccc4)CC3)CC2)c1OC. The Kier molecular flexibility index (Phi) is 7.26. The third-order valence-corrected chi connectivity index (χ3v) is 6.61. The predicted octanol–water partition coefficient (Wildman–Crippen LogP) is 3.49. The van der Waals surface area contributed by atoms with Gasteiger partial charge in [0.05, 0.1) is 14.2 Å². The number of hydrogen-bond donors (Lipinski definition) is 0. The second-order valence-electron chi connectivity index (χ2n) is 8.46. The van der Waals surface area contributed by atoms with Gasteiger partial charge in [-0.1, -0.05) is 42.5 Å². The number of benzene rings is 2. The highest BCUT2D eigenvalue weighted by molar-refractivity contribution is 5.46. The van der Waals surface area contributed by atoms with Crippen LogP contribution in [0, 0.1) is 0 Å². The number of para-hydroxylation sites is 1. The van der Waals surface area contributed by atoms with E-state index >= 15 is 0 Å². The molecule has 0 spiro atoms. The first-order valence-electron chi connectivity index (χ1n) is 11.2. The minimum Gasteiger partial charge on any atom is -0.493 e. The largest absolute Gasteiger partial charge is 0.493 e. The fraction of sp³-hybridized carbons (Fsp3) is 0.520. The molecule has 0 unspecified atom stereocenters. The summed E-state index contributed by atoms with van der Waals surface area (Å²) in [4.78, 5) is 7.87. The van der Waals surface area contributed by atoms with Gasteiger partial charge in [-0.25, -0.2) is 0 Å². The summed E-state index contributed by atoms with van der Waals surface area (Å²) in [5.41, 5.74) is 2.64. The zero-order valence-corrected chi connectivity index (χ0v) is 18.4. The summed E-state index contributed by atoms with van der Waals surface area (Å²) in [7, 11) is 3.43. The predicted molar refractivity (Wildman–Crippen MR) is 121 cm³/mol. The third kappa shape index (κ3) is 5.15. The fourth-order valence-corrected chi connectivity index (χ4v) is 4.89. The highest BCUT2D eigenvalue weighted by atomic mass is 16.5. The molecule has 2 heterocycles. The number of likely N-dealkylation sites (tertiary alicyclic amines) is 1. The van der Waals surface area contributed by atoms with Crippen LogP contribution in [0.4, 0.5) is 0 Å². The van der Waals surface area contributed by atoms with E-state index in [9.17, 15) is 0 Å². The zero-order valence-electron chi connectivity index (χ0n) is 18.4. The number of nitrogens with zero attached hydrogens (tertiary/aromatic N) is 3. The molecule has 2 fully saturated rings. The molecule has 4 rings (SSSR count). The summed E-state index contributed by atoms with van der Waals surface area (Å²) in [6.45, 7) is 8.98. The molecule has 0 radical (unpaired) electrons. The smallest absolute Gasteiger partial charge is 0.165 e. The van der Waals surface area contributed by atoms with Crippen molar-refractivity contribution in [1.82, 2.24) is 14.7 Å². The van der Waals surface area contributed by atoms with Gasteiger partial charge in [-0.15, -0.1) is 0 Å². The molecule has 0 atom stereocenters. The first-order valence-corrected chi connectivity index (χ1v) is 11.2. The van der Waals surface area contributed by atoms with Crippen LogP contribution >= 0.6 is 0 Å². The summed E-state index contributed by atoms with van der Waals surface area (Å²) in [5.74, 6) is 1.68. The quantitative estimate of drug-likeness (QED) is 0.698. The molecule has 5 nitrogen and oxygen atoms in total. The van der Waals surface area contributed by atoms with Crippen molar-refractivity contribution in [3.63, 3.8) is 0 Å². The summed E-state index contributed by atoms with van der Waals surface area (Å²) >= 11 is 0. The topological polar surface area (TPSA) is 28.2 Å². The molecule has 0 N–H and O–H groups in total. The van der Waals surface area contributed by atoms with E-state index in [4.69, 9.17) is 9.47 Å². The van der Waals surface area contributed by atoms with Crippen molar-refractivity contribution in [2.24, 2.45) is 0 Å². The molecule has 5 heteroatoms. The van der Waals surface area contributed by atoms with Crippen LogP contribution in [0.3, 0.4) is 0 Å². The summed E-state index contributed by atoms with van der Waals surface area (Å²) in [6, 6.07) is 17.8. The van der Waals surface area contributed by atoms with E-state index in [1.54, 1.807) is 14.2 Å². The lowest BCUT2D eigenvalue weighted by Crippen LogP contribution is -2.52. The van der Waals surface area contributed by atoms with Gasteiger partial charge in [0.25, 0.3) is 0 Å². The molecule has 30 heavy (non-hydrogen) atoms. The lowest BCUT2D eigenvalue weighted by Gasteiger charge is -2.43. The fourth-order valence-electron chi connectivity index (χ4n) is 4.89. The van der Waals surface area contributed by atoms with Crippen molar-refractivity contribution in [2.45, 2.75) is 32.0 Å². The molecule has 0 saturated carbocycles. The highest BCUT2D eigenvalue weighted by Gasteiger charge is 2.27. The van der Waals surface area contributed by atoms with Crippen molar-refractivity contribution in [3.8, 4) is 11.5 Å². The average molecular weight is 410 g/mol. The number of hydrogen-bond acceptors (Lipinski definition) is 5. The number of piperazine rings is 1. The molecular formula is C25H35N3O2. The molecule has 0 aliphatic carbocycles. The van der Waals surface area contributed by atoms with Gasteiger partial charge < -0.3 is 9.47 Å². The van der Waals surface area contributed by atoms with Crippen molar-refractivity contribution in [3.05, 3.63) is 59.7 Å². The van der Waals surface area contributed by atoms with Crippen LogP contribution in [-0.4, -0.2) is 74.2 Å². The molecule has 0 amide bonds. The van der Waals surface area contributed by atoms with Crippen molar-refractivity contribution < 1.29 is 9.47 Å². The van der Waals surface area contributed by atoms with Crippen LogP contribution in [0.5, 0.6) is 11.5 Å². The zero-order chi connectivity index (χ0) is 20.8. The lowest BCUT2D eigenvalue weighted by atomic mass is 10.0. The maximum atomic E-state index is 5.61. The number of piperidine rings is 1. The lowest BCUT2D eigenvalue weighted by molar-refractivity contribution is 0.0547. The number of methoxy groups -OCH3 is 2. The Morgan fingerprint density at radius 2 is 1.43 bits per heavy atom. The Labute approximate surface area is 181 Å². The van der Waals surface area contributed by atoms with E-state index in [2.05, 4.69) is 57.2 Å². The van der Waals surface area contributed by atoms with E-state index in [0.717, 1.165) is 56.8 Å². The van der Waals surface area contributed by atoms with Crippen LogP contribution in [0.1, 0.15) is 24.0 Å². The number of rotatable bonds is 7. The highest BCUT2D eigenvalue weighted by Crippen LogP contribution is 2.31. The number of ether oxygens (including phenoxy) is 2. The van der Waals surface area contributed by atoms with Crippen LogP contribution < -0.4 is 9.47 Å². The summed E-state index contributed by atoms with van der Waals surface area (Å²) in [5, 5.41) is 0. The van der Waals surface area contributed by atoms with Crippen molar-refractivity contribution >= 4 is 0 Å². The van der Waals surface area contributed by atoms with Gasteiger partial charge in [0.1, 0.15) is 0 Å². The minimum absolute atomic E-state index is 0.741. The second-order valence-corrected chi connectivity index (χ2v) is 8.46. The maximum absolute atomic E-state index is 5.61. The Morgan fingerprint density at radius 3 is 2.10 bits per heavy atom. The van der Waals surface area contributed by atoms with Gasteiger partial charge in [0.15, 0.2) is 11.5 Å². The van der Waals surface area contributed by atoms with Gasteiger partial charge in [-0.3, -0.25) is 14.7 Å². The Morgan fingerprint density at radius 1 is 0.733 bits per heavy atom.